The Morgan fingerprint density at radius 1 is 1.25 bits per heavy atom. The van der Waals surface area contributed by atoms with Gasteiger partial charge in [-0.15, -0.1) is 0 Å². The van der Waals surface area contributed by atoms with Crippen LogP contribution in [0.4, 0.5) is 5.69 Å². The predicted octanol–water partition coefficient (Wildman–Crippen LogP) is 2.86. The maximum absolute atomic E-state index is 12.0. The molecule has 0 aliphatic rings. The third-order valence-corrected chi connectivity index (χ3v) is 3.11. The van der Waals surface area contributed by atoms with Crippen LogP contribution in [-0.4, -0.2) is 13.0 Å². The molecule has 5 heteroatoms. The molecule has 0 unspecified atom stereocenters. The summed E-state index contributed by atoms with van der Waals surface area (Å²) in [6.07, 6.45) is 0. The molecule has 0 saturated heterocycles. The maximum atomic E-state index is 12.0. The molecule has 0 saturated carbocycles. The van der Waals surface area contributed by atoms with Crippen LogP contribution in [0.15, 0.2) is 42.5 Å². The van der Waals surface area contributed by atoms with Crippen LogP contribution in [0.2, 0.25) is 5.02 Å². The molecular formula is C15H15ClN2O2. The molecule has 0 aliphatic heterocycles. The zero-order chi connectivity index (χ0) is 14.5. The van der Waals surface area contributed by atoms with E-state index in [-0.39, 0.29) is 5.91 Å². The Morgan fingerprint density at radius 3 is 2.55 bits per heavy atom. The second-order valence-corrected chi connectivity index (χ2v) is 4.70. The van der Waals surface area contributed by atoms with Crippen molar-refractivity contribution >= 4 is 23.2 Å². The molecule has 2 aromatic carbocycles. The van der Waals surface area contributed by atoms with Crippen LogP contribution in [0.3, 0.4) is 0 Å². The van der Waals surface area contributed by atoms with Crippen LogP contribution >= 0.6 is 11.6 Å². The number of hydrogen-bond acceptors (Lipinski definition) is 3. The number of hydrogen-bond donors (Lipinski definition) is 2. The number of nitrogens with one attached hydrogen (secondary N) is 1. The van der Waals surface area contributed by atoms with E-state index in [0.717, 1.165) is 11.3 Å². The normalized spacial score (nSPS) is 10.1. The lowest BCUT2D eigenvalue weighted by atomic mass is 10.1. The Balaban J connectivity index is 2.00. The van der Waals surface area contributed by atoms with Crippen molar-refractivity contribution in [2.45, 2.75) is 6.54 Å². The molecule has 104 valence electrons. The van der Waals surface area contributed by atoms with E-state index < -0.39 is 0 Å². The summed E-state index contributed by atoms with van der Waals surface area (Å²) in [4.78, 5) is 12.0. The van der Waals surface area contributed by atoms with Gasteiger partial charge in [-0.1, -0.05) is 23.7 Å². The van der Waals surface area contributed by atoms with Gasteiger partial charge in [0.25, 0.3) is 5.91 Å². The number of amides is 1. The van der Waals surface area contributed by atoms with Gasteiger partial charge in [-0.25, -0.2) is 0 Å². The lowest BCUT2D eigenvalue weighted by molar-refractivity contribution is 0.0952. The molecule has 2 rings (SSSR count). The third kappa shape index (κ3) is 3.42. The van der Waals surface area contributed by atoms with Gasteiger partial charge in [-0.3, -0.25) is 4.79 Å². The van der Waals surface area contributed by atoms with Crippen molar-refractivity contribution in [3.63, 3.8) is 0 Å². The zero-order valence-electron chi connectivity index (χ0n) is 11.0. The Bertz CT molecular complexity index is 612. The average Bonchev–Trinajstić information content (AvgIpc) is 2.45. The van der Waals surface area contributed by atoms with Gasteiger partial charge in [-0.2, -0.15) is 0 Å². The summed E-state index contributed by atoms with van der Waals surface area (Å²) in [5, 5.41) is 3.32. The minimum atomic E-state index is -0.227. The molecule has 0 fully saturated rings. The first-order chi connectivity index (χ1) is 9.60. The number of methoxy groups -OCH3 is 1. The van der Waals surface area contributed by atoms with Crippen molar-refractivity contribution in [2.75, 3.05) is 12.8 Å². The van der Waals surface area contributed by atoms with Gasteiger partial charge in [0.1, 0.15) is 5.75 Å². The van der Waals surface area contributed by atoms with Crippen LogP contribution in [-0.2, 0) is 6.54 Å². The van der Waals surface area contributed by atoms with Crippen molar-refractivity contribution < 1.29 is 9.53 Å². The average molecular weight is 291 g/mol. The summed E-state index contributed by atoms with van der Waals surface area (Å²) >= 11 is 5.80. The minimum Gasteiger partial charge on any atom is -0.497 e. The molecule has 0 spiro atoms. The van der Waals surface area contributed by atoms with Crippen LogP contribution in [0.25, 0.3) is 0 Å². The lowest BCUT2D eigenvalue weighted by Gasteiger charge is -2.08. The fourth-order valence-corrected chi connectivity index (χ4v) is 1.94. The van der Waals surface area contributed by atoms with Crippen LogP contribution in [0, 0.1) is 0 Å². The predicted molar refractivity (Wildman–Crippen MR) is 80.0 cm³/mol. The Morgan fingerprint density at radius 2 is 1.95 bits per heavy atom. The number of nitrogens with two attached hydrogens (primary N) is 1. The highest BCUT2D eigenvalue weighted by Crippen LogP contribution is 2.18. The maximum Gasteiger partial charge on any atom is 0.253 e. The van der Waals surface area contributed by atoms with Crippen molar-refractivity contribution in [1.82, 2.24) is 5.32 Å². The topological polar surface area (TPSA) is 64.3 Å². The van der Waals surface area contributed by atoms with E-state index in [2.05, 4.69) is 5.32 Å². The molecule has 3 N–H and O–H groups in total. The molecule has 20 heavy (non-hydrogen) atoms. The van der Waals surface area contributed by atoms with Crippen LogP contribution in [0.1, 0.15) is 15.9 Å². The number of halogens is 1. The minimum absolute atomic E-state index is 0.227. The molecular weight excluding hydrogens is 276 g/mol. The summed E-state index contributed by atoms with van der Waals surface area (Å²) in [6.45, 7) is 0.422. The molecule has 0 aromatic heterocycles. The highest BCUT2D eigenvalue weighted by atomic mass is 35.5. The fourth-order valence-electron chi connectivity index (χ4n) is 1.76. The summed E-state index contributed by atoms with van der Waals surface area (Å²) in [6, 6.07) is 12.3. The van der Waals surface area contributed by atoms with Gasteiger partial charge in [0, 0.05) is 17.3 Å². The number of nitrogen functional groups attached to an aromatic ring is 1. The van der Waals surface area contributed by atoms with Crippen molar-refractivity contribution in [1.29, 1.82) is 0 Å². The fraction of sp³-hybridized carbons (Fsp3) is 0.133. The zero-order valence-corrected chi connectivity index (χ0v) is 11.8. The van der Waals surface area contributed by atoms with Crippen molar-refractivity contribution in [3.8, 4) is 5.75 Å². The highest BCUT2D eigenvalue weighted by Gasteiger charge is 2.09. The lowest BCUT2D eigenvalue weighted by Crippen LogP contribution is -2.23. The first-order valence-electron chi connectivity index (χ1n) is 6.06. The molecule has 0 atom stereocenters. The second-order valence-electron chi connectivity index (χ2n) is 4.26. The smallest absolute Gasteiger partial charge is 0.253 e. The first kappa shape index (κ1) is 14.2. The monoisotopic (exact) mass is 290 g/mol. The van der Waals surface area contributed by atoms with Gasteiger partial charge in [0.15, 0.2) is 0 Å². The van der Waals surface area contributed by atoms with Crippen LogP contribution in [0.5, 0.6) is 5.75 Å². The van der Waals surface area contributed by atoms with E-state index in [1.807, 2.05) is 24.3 Å². The quantitative estimate of drug-likeness (QED) is 0.851. The standard InChI is InChI=1S/C15H15ClN2O2/c1-20-12-5-2-10(3-6-12)9-18-15(19)13-7-4-11(16)8-14(13)17/h2-8H,9,17H2,1H3,(H,18,19). The number of ether oxygens (including phenoxy) is 1. The third-order valence-electron chi connectivity index (χ3n) is 2.87. The Labute approximate surface area is 122 Å². The Hall–Kier alpha value is -2.20. The summed E-state index contributed by atoms with van der Waals surface area (Å²) in [7, 11) is 1.61. The first-order valence-corrected chi connectivity index (χ1v) is 6.44. The van der Waals surface area contributed by atoms with Crippen LogP contribution < -0.4 is 15.8 Å². The summed E-state index contributed by atoms with van der Waals surface area (Å²) in [5.41, 5.74) is 7.53. The number of rotatable bonds is 4. The van der Waals surface area contributed by atoms with Gasteiger partial charge < -0.3 is 15.8 Å². The van der Waals surface area contributed by atoms with Gasteiger partial charge >= 0.3 is 0 Å². The highest BCUT2D eigenvalue weighted by molar-refractivity contribution is 6.31. The van der Waals surface area contributed by atoms with E-state index in [1.54, 1.807) is 25.3 Å². The van der Waals surface area contributed by atoms with E-state index in [4.69, 9.17) is 22.1 Å². The number of carbonyl (C=O) groups is 1. The van der Waals surface area contributed by atoms with Crippen molar-refractivity contribution in [2.24, 2.45) is 0 Å². The van der Waals surface area contributed by atoms with E-state index in [1.165, 1.54) is 0 Å². The Kier molecular flexibility index (Phi) is 4.48. The summed E-state index contributed by atoms with van der Waals surface area (Å²) < 4.78 is 5.07. The second kappa shape index (κ2) is 6.30. The van der Waals surface area contributed by atoms with Gasteiger partial charge in [-0.05, 0) is 35.9 Å². The van der Waals surface area contributed by atoms with Gasteiger partial charge in [0.2, 0.25) is 0 Å². The molecule has 0 bridgehead atoms. The SMILES string of the molecule is COc1ccc(CNC(=O)c2ccc(Cl)cc2N)cc1. The molecule has 4 nitrogen and oxygen atoms in total. The number of carbonyl (C=O) groups excluding carboxylic acids is 1. The van der Waals surface area contributed by atoms with E-state index in [0.29, 0.717) is 22.8 Å². The molecule has 0 radical (unpaired) electrons. The van der Waals surface area contributed by atoms with E-state index in [9.17, 15) is 4.79 Å². The summed E-state index contributed by atoms with van der Waals surface area (Å²) in [5.74, 6) is 0.553. The largest absolute Gasteiger partial charge is 0.497 e. The van der Waals surface area contributed by atoms with Gasteiger partial charge in [0.05, 0.1) is 12.7 Å². The molecule has 2 aromatic rings. The number of anilines is 1. The number of benzene rings is 2. The molecule has 0 aliphatic carbocycles. The van der Waals surface area contributed by atoms with E-state index >= 15 is 0 Å². The molecule has 0 heterocycles. The molecule has 1 amide bonds. The van der Waals surface area contributed by atoms with Crippen molar-refractivity contribution in [3.05, 3.63) is 58.6 Å².